The van der Waals surface area contributed by atoms with Crippen LogP contribution in [0.15, 0.2) is 0 Å². The van der Waals surface area contributed by atoms with Crippen LogP contribution in [0.5, 0.6) is 0 Å². The van der Waals surface area contributed by atoms with Crippen LogP contribution >= 0.6 is 11.8 Å². The summed E-state index contributed by atoms with van der Waals surface area (Å²) < 4.78 is 4.72. The van der Waals surface area contributed by atoms with Gasteiger partial charge >= 0.3 is 5.97 Å². The van der Waals surface area contributed by atoms with Crippen LogP contribution in [0.3, 0.4) is 0 Å². The number of aliphatic hydroxyl groups is 1. The third-order valence-corrected chi connectivity index (χ3v) is 4.85. The lowest BCUT2D eigenvalue weighted by atomic mass is 10.0. The van der Waals surface area contributed by atoms with E-state index in [1.807, 2.05) is 11.8 Å². The summed E-state index contributed by atoms with van der Waals surface area (Å²) in [6.45, 7) is 6.75. The highest BCUT2D eigenvalue weighted by atomic mass is 32.2. The van der Waals surface area contributed by atoms with Crippen LogP contribution in [-0.2, 0) is 9.53 Å². The fourth-order valence-corrected chi connectivity index (χ4v) is 2.51. The number of carbonyl (C=O) groups excluding carboxylic acids is 1. The SMILES string of the molecule is CCC(CC)(CNCC(C)(O)C(=O)OC)SC. The fraction of sp³-hybridized carbons (Fsp3) is 0.917. The normalized spacial score (nSPS) is 15.4. The van der Waals surface area contributed by atoms with Crippen molar-refractivity contribution in [2.24, 2.45) is 0 Å². The van der Waals surface area contributed by atoms with Gasteiger partial charge in [0.2, 0.25) is 0 Å². The summed E-state index contributed by atoms with van der Waals surface area (Å²) in [6.07, 6.45) is 4.20. The van der Waals surface area contributed by atoms with Crippen molar-refractivity contribution in [1.29, 1.82) is 0 Å². The van der Waals surface area contributed by atoms with E-state index in [1.165, 1.54) is 14.0 Å². The van der Waals surface area contributed by atoms with Crippen molar-refractivity contribution >= 4 is 17.7 Å². The molecule has 0 aliphatic carbocycles. The number of thioether (sulfide) groups is 1. The van der Waals surface area contributed by atoms with Crippen molar-refractivity contribution in [2.45, 2.75) is 44.0 Å². The Balaban J connectivity index is 4.26. The number of methoxy groups -OCH3 is 1. The number of esters is 1. The molecule has 0 saturated carbocycles. The Morgan fingerprint density at radius 2 is 1.88 bits per heavy atom. The maximum atomic E-state index is 11.3. The van der Waals surface area contributed by atoms with E-state index in [2.05, 4.69) is 30.2 Å². The van der Waals surface area contributed by atoms with Crippen LogP contribution in [0.1, 0.15) is 33.6 Å². The molecule has 0 spiro atoms. The van der Waals surface area contributed by atoms with E-state index in [1.54, 1.807) is 0 Å². The highest BCUT2D eigenvalue weighted by molar-refractivity contribution is 8.00. The van der Waals surface area contributed by atoms with Crippen molar-refractivity contribution in [3.8, 4) is 0 Å². The standard InChI is InChI=1S/C12H25NO3S/c1-6-12(7-2,17-5)9-13-8-11(3,15)10(14)16-4/h13,15H,6-9H2,1-5H3. The third-order valence-electron chi connectivity index (χ3n) is 3.26. The van der Waals surface area contributed by atoms with E-state index in [9.17, 15) is 9.90 Å². The molecular formula is C12H25NO3S. The van der Waals surface area contributed by atoms with E-state index in [4.69, 9.17) is 0 Å². The Labute approximate surface area is 108 Å². The van der Waals surface area contributed by atoms with Gasteiger partial charge in [-0.1, -0.05) is 13.8 Å². The van der Waals surface area contributed by atoms with Crippen molar-refractivity contribution in [3.05, 3.63) is 0 Å². The summed E-state index contributed by atoms with van der Waals surface area (Å²) in [4.78, 5) is 11.3. The largest absolute Gasteiger partial charge is 0.467 e. The molecule has 0 aliphatic rings. The van der Waals surface area contributed by atoms with E-state index in [-0.39, 0.29) is 11.3 Å². The van der Waals surface area contributed by atoms with Gasteiger partial charge in [0, 0.05) is 17.8 Å². The third kappa shape index (κ3) is 4.85. The van der Waals surface area contributed by atoms with Crippen molar-refractivity contribution in [2.75, 3.05) is 26.5 Å². The summed E-state index contributed by atoms with van der Waals surface area (Å²) in [5, 5.41) is 13.0. The number of ether oxygens (including phenoxy) is 1. The topological polar surface area (TPSA) is 58.6 Å². The first kappa shape index (κ1) is 16.7. The molecule has 0 saturated heterocycles. The summed E-state index contributed by atoms with van der Waals surface area (Å²) >= 11 is 1.82. The zero-order valence-electron chi connectivity index (χ0n) is 11.5. The molecule has 0 aromatic rings. The van der Waals surface area contributed by atoms with Gasteiger partial charge in [0.1, 0.15) is 0 Å². The molecule has 2 N–H and O–H groups in total. The first-order valence-corrected chi connectivity index (χ1v) is 7.16. The fourth-order valence-electron chi connectivity index (χ4n) is 1.69. The first-order valence-electron chi connectivity index (χ1n) is 5.94. The van der Waals surface area contributed by atoms with E-state index >= 15 is 0 Å². The molecule has 1 atom stereocenters. The molecule has 0 aliphatic heterocycles. The number of rotatable bonds is 8. The Morgan fingerprint density at radius 1 is 1.35 bits per heavy atom. The van der Waals surface area contributed by atoms with Gasteiger partial charge in [-0.25, -0.2) is 4.79 Å². The quantitative estimate of drug-likeness (QED) is 0.649. The second kappa shape index (κ2) is 7.24. The molecule has 0 fully saturated rings. The average Bonchev–Trinajstić information content (AvgIpc) is 2.34. The molecule has 17 heavy (non-hydrogen) atoms. The molecule has 0 amide bonds. The smallest absolute Gasteiger partial charge is 0.338 e. The summed E-state index contributed by atoms with van der Waals surface area (Å²) in [5.74, 6) is -0.604. The molecule has 0 aromatic carbocycles. The van der Waals surface area contributed by atoms with E-state index in [0.29, 0.717) is 0 Å². The molecule has 0 bridgehead atoms. The molecule has 1 unspecified atom stereocenters. The van der Waals surface area contributed by atoms with Crippen molar-refractivity contribution in [3.63, 3.8) is 0 Å². The predicted molar refractivity (Wildman–Crippen MR) is 72.3 cm³/mol. The lowest BCUT2D eigenvalue weighted by Gasteiger charge is -2.31. The van der Waals surface area contributed by atoms with Gasteiger partial charge in [0.05, 0.1) is 7.11 Å². The van der Waals surface area contributed by atoms with Crippen LogP contribution in [0.4, 0.5) is 0 Å². The van der Waals surface area contributed by atoms with Gasteiger partial charge in [-0.3, -0.25) is 0 Å². The molecule has 0 rings (SSSR count). The van der Waals surface area contributed by atoms with Gasteiger partial charge < -0.3 is 15.2 Å². The molecular weight excluding hydrogens is 238 g/mol. The second-order valence-electron chi connectivity index (χ2n) is 4.46. The van der Waals surface area contributed by atoms with Gasteiger partial charge in [-0.15, -0.1) is 0 Å². The highest BCUT2D eigenvalue weighted by Crippen LogP contribution is 2.29. The monoisotopic (exact) mass is 263 g/mol. The van der Waals surface area contributed by atoms with E-state index < -0.39 is 11.6 Å². The van der Waals surface area contributed by atoms with Crippen LogP contribution in [0.2, 0.25) is 0 Å². The first-order chi connectivity index (χ1) is 7.87. The Bertz CT molecular complexity index is 232. The minimum absolute atomic E-state index is 0.173. The van der Waals surface area contributed by atoms with Gasteiger partial charge in [0.15, 0.2) is 5.60 Å². The molecule has 5 heteroatoms. The lowest BCUT2D eigenvalue weighted by molar-refractivity contribution is -0.159. The Kier molecular flexibility index (Phi) is 7.13. The minimum atomic E-state index is -1.46. The zero-order chi connectivity index (χ0) is 13.5. The Hall–Kier alpha value is -0.260. The summed E-state index contributed by atoms with van der Waals surface area (Å²) in [7, 11) is 1.28. The maximum absolute atomic E-state index is 11.3. The van der Waals surface area contributed by atoms with Crippen LogP contribution < -0.4 is 5.32 Å². The average molecular weight is 263 g/mol. The minimum Gasteiger partial charge on any atom is -0.467 e. The van der Waals surface area contributed by atoms with Gasteiger partial charge in [0.25, 0.3) is 0 Å². The van der Waals surface area contributed by atoms with Crippen molar-refractivity contribution in [1.82, 2.24) is 5.32 Å². The molecule has 4 nitrogen and oxygen atoms in total. The molecule has 0 radical (unpaired) electrons. The zero-order valence-corrected chi connectivity index (χ0v) is 12.3. The van der Waals surface area contributed by atoms with Gasteiger partial charge in [-0.05, 0) is 26.0 Å². The highest BCUT2D eigenvalue weighted by Gasteiger charge is 2.32. The summed E-state index contributed by atoms with van der Waals surface area (Å²) in [6, 6.07) is 0. The predicted octanol–water partition coefficient (Wildman–Crippen LogP) is 1.42. The number of hydrogen-bond acceptors (Lipinski definition) is 5. The van der Waals surface area contributed by atoms with Gasteiger partial charge in [-0.2, -0.15) is 11.8 Å². The molecule has 102 valence electrons. The van der Waals surface area contributed by atoms with Crippen LogP contribution in [0, 0.1) is 0 Å². The molecule has 0 heterocycles. The van der Waals surface area contributed by atoms with Crippen LogP contribution in [-0.4, -0.2) is 47.9 Å². The number of carbonyl (C=O) groups is 1. The lowest BCUT2D eigenvalue weighted by Crippen LogP contribution is -2.48. The Morgan fingerprint density at radius 3 is 2.24 bits per heavy atom. The van der Waals surface area contributed by atoms with Crippen LogP contribution in [0.25, 0.3) is 0 Å². The van der Waals surface area contributed by atoms with Crippen molar-refractivity contribution < 1.29 is 14.6 Å². The van der Waals surface area contributed by atoms with E-state index in [0.717, 1.165) is 19.4 Å². The maximum Gasteiger partial charge on any atom is 0.338 e. The number of nitrogens with one attached hydrogen (secondary N) is 1. The second-order valence-corrected chi connectivity index (χ2v) is 5.74. The summed E-state index contributed by atoms with van der Waals surface area (Å²) in [5.41, 5.74) is -1.46. The number of hydrogen-bond donors (Lipinski definition) is 2. The molecule has 0 aromatic heterocycles.